The van der Waals surface area contributed by atoms with Crippen LogP contribution < -0.4 is 0 Å². The fourth-order valence-electron chi connectivity index (χ4n) is 0. The predicted molar refractivity (Wildman–Crippen MR) is 49.7 cm³/mol. The molecular formula is C9H2O9Os3Se2. The van der Waals surface area contributed by atoms with Crippen molar-refractivity contribution >= 4 is 34.1 Å². The Bertz CT molecular complexity index is 169. The van der Waals surface area contributed by atoms with Crippen LogP contribution in [0.25, 0.3) is 0 Å². The molecule has 0 aliphatic carbocycles. The van der Waals surface area contributed by atoms with E-state index in [0.29, 0.717) is 0 Å². The van der Waals surface area contributed by atoms with E-state index in [0.717, 1.165) is 0 Å². The summed E-state index contributed by atoms with van der Waals surface area (Å²) in [5.74, 6) is 0. The zero-order valence-electron chi connectivity index (χ0n) is 10.1. The van der Waals surface area contributed by atoms with Crippen LogP contribution in [0.5, 0.6) is 0 Å². The summed E-state index contributed by atoms with van der Waals surface area (Å²) in [6, 6.07) is 0. The van der Waals surface area contributed by atoms with Crippen molar-refractivity contribution in [3.63, 3.8) is 0 Å². The summed E-state index contributed by atoms with van der Waals surface area (Å²) in [5.41, 5.74) is 0. The van der Waals surface area contributed by atoms with Gasteiger partial charge in [-0.25, -0.2) is 0 Å². The van der Waals surface area contributed by atoms with Crippen molar-refractivity contribution in [2.45, 2.75) is 0 Å². The van der Waals surface area contributed by atoms with E-state index in [2.05, 4.69) is 59.9 Å². The molecule has 0 saturated heterocycles. The molecule has 0 fully saturated rings. The first-order chi connectivity index (χ1) is 9.00. The number of hydrogen-bond acceptors (Lipinski definition) is 0. The van der Waals surface area contributed by atoms with E-state index >= 15 is 0 Å². The van der Waals surface area contributed by atoms with Gasteiger partial charge in [0.15, 0.2) is 0 Å². The summed E-state index contributed by atoms with van der Waals surface area (Å²) in [5, 5.41) is 0. The van der Waals surface area contributed by atoms with Gasteiger partial charge in [-0.05, 0) is 0 Å². The number of rotatable bonds is 0. The molecule has 9 nitrogen and oxygen atoms in total. The molecule has 0 bridgehead atoms. The van der Waals surface area contributed by atoms with Crippen molar-refractivity contribution in [1.29, 1.82) is 0 Å². The summed E-state index contributed by atoms with van der Waals surface area (Å²) in [6.45, 7) is 40.5. The summed E-state index contributed by atoms with van der Waals surface area (Å²) in [7, 11) is 0. The topological polar surface area (TPSA) is 179 Å². The Morgan fingerprint density at radius 1 is 0.217 bits per heavy atom. The van der Waals surface area contributed by atoms with Crippen LogP contribution in [0.2, 0.25) is 0 Å². The van der Waals surface area contributed by atoms with Gasteiger partial charge in [-0.15, -0.1) is 0 Å². The Labute approximate surface area is 193 Å². The molecule has 128 valence electrons. The Morgan fingerprint density at radius 3 is 0.217 bits per heavy atom. The summed E-state index contributed by atoms with van der Waals surface area (Å²) in [6.07, 6.45) is 0. The molecule has 0 rings (SSSR count). The van der Waals surface area contributed by atoms with E-state index in [4.69, 9.17) is 41.9 Å². The van der Waals surface area contributed by atoms with E-state index in [9.17, 15) is 0 Å². The van der Waals surface area contributed by atoms with Crippen LogP contribution in [-0.4, -0.2) is 34.1 Å². The third kappa shape index (κ3) is 26000. The van der Waals surface area contributed by atoms with E-state index in [1.54, 1.807) is 0 Å². The molecule has 0 aromatic carbocycles. The Balaban J connectivity index is -0.00000000321. The zero-order valence-corrected chi connectivity index (χ0v) is 21.5. The van der Waals surface area contributed by atoms with E-state index in [-0.39, 0.29) is 93.5 Å². The molecular weight excluding hydrogens is 981 g/mol. The van der Waals surface area contributed by atoms with E-state index < -0.39 is 0 Å². The normalized spacial score (nSPS) is 0.783. The van der Waals surface area contributed by atoms with Gasteiger partial charge in [0.1, 0.15) is 0 Å². The monoisotopic (exact) mass is 990 g/mol. The molecule has 0 unspecified atom stereocenters. The van der Waals surface area contributed by atoms with Crippen molar-refractivity contribution in [3.05, 3.63) is 59.9 Å². The van der Waals surface area contributed by atoms with Crippen molar-refractivity contribution in [3.8, 4) is 0 Å². The van der Waals surface area contributed by atoms with E-state index in [1.165, 1.54) is 0 Å². The maximum atomic E-state index is 7.50. The Hall–Kier alpha value is 0.608. The molecule has 0 N–H and O–H groups in total. The first kappa shape index (κ1) is 131. The Kier molecular flexibility index (Phi) is 162000. The second-order valence-corrected chi connectivity index (χ2v) is 0. The van der Waals surface area contributed by atoms with Crippen LogP contribution in [0.3, 0.4) is 0 Å². The summed E-state index contributed by atoms with van der Waals surface area (Å²) < 4.78 is 67.5. The Morgan fingerprint density at radius 2 is 0.217 bits per heavy atom. The minimum atomic E-state index is 0. The molecule has 0 aliphatic rings. The van der Waals surface area contributed by atoms with Crippen LogP contribution in [0.4, 0.5) is 0 Å². The van der Waals surface area contributed by atoms with Crippen LogP contribution >= 0.6 is 0 Å². The van der Waals surface area contributed by atoms with Crippen molar-refractivity contribution in [2.24, 2.45) is 0 Å². The zero-order chi connectivity index (χ0) is 18.0. The second kappa shape index (κ2) is 28600. The third-order valence-corrected chi connectivity index (χ3v) is 0. The molecule has 0 aromatic rings. The van der Waals surface area contributed by atoms with Crippen molar-refractivity contribution in [2.75, 3.05) is 0 Å². The van der Waals surface area contributed by atoms with Crippen LogP contribution in [0, 0.1) is 59.9 Å². The predicted octanol–water partition coefficient (Wildman–Crippen LogP) is -1.64. The van der Waals surface area contributed by atoms with E-state index in [1.807, 2.05) is 0 Å². The average molecular weight is 983 g/mol. The van der Waals surface area contributed by atoms with Gasteiger partial charge in [-0.2, -0.15) is 0 Å². The van der Waals surface area contributed by atoms with Gasteiger partial charge in [0.25, 0.3) is 0 Å². The summed E-state index contributed by atoms with van der Waals surface area (Å²) in [4.78, 5) is 0. The second-order valence-electron chi connectivity index (χ2n) is 0. The standard InChI is InChI=1S/9CO.3Os.2HSe/c9*1-2;;;;;/h;;;;;;;;;;;;2*1H. The molecule has 0 saturated carbocycles. The van der Waals surface area contributed by atoms with Gasteiger partial charge in [0.2, 0.25) is 0 Å². The van der Waals surface area contributed by atoms with Gasteiger partial charge in [-0.1, -0.05) is 0 Å². The molecule has 2 radical (unpaired) electrons. The van der Waals surface area contributed by atoms with Gasteiger partial charge in [0.05, 0.1) is 0 Å². The van der Waals surface area contributed by atoms with Gasteiger partial charge in [-0.3, -0.25) is 0 Å². The first-order valence-electron chi connectivity index (χ1n) is 1.84. The molecule has 0 aromatic heterocycles. The fourth-order valence-corrected chi connectivity index (χ4v) is 0. The fraction of sp³-hybridized carbons (Fsp3) is 0. The molecule has 0 heterocycles. The van der Waals surface area contributed by atoms with Crippen LogP contribution in [-0.2, 0) is 101 Å². The number of hydrogen-bond donors (Lipinski definition) is 0. The average Bonchev–Trinajstić information content (AvgIpc) is 2.63. The maximum absolute atomic E-state index is 7.50. The molecule has 0 aliphatic heterocycles. The molecule has 0 amide bonds. The van der Waals surface area contributed by atoms with Gasteiger partial charge >= 0.3 is 136 Å². The van der Waals surface area contributed by atoms with Gasteiger partial charge in [0, 0.05) is 59.4 Å². The van der Waals surface area contributed by atoms with Gasteiger partial charge < -0.3 is 0 Å². The molecule has 23 heavy (non-hydrogen) atoms. The third-order valence-electron chi connectivity index (χ3n) is 0. The SMILES string of the molecule is [C-]#[O+].[C-]#[O+].[C-]#[O+].[C-]#[O+].[C-]#[O+].[C-]#[O+].[C-]#[O+].[C-]#[O+].[C-]#[O+].[Os].[Os].[Os].[SeH].[SeH]. The van der Waals surface area contributed by atoms with Crippen molar-refractivity contribution < 1.29 is 101 Å². The minimum absolute atomic E-state index is 0. The summed E-state index contributed by atoms with van der Waals surface area (Å²) >= 11 is 0. The first-order valence-corrected chi connectivity index (χ1v) is 1.84. The van der Waals surface area contributed by atoms with Crippen molar-refractivity contribution in [1.82, 2.24) is 0 Å². The molecule has 14 heteroatoms. The van der Waals surface area contributed by atoms with Crippen LogP contribution in [0.15, 0.2) is 0 Å². The quantitative estimate of drug-likeness (QED) is 0.154. The molecule has 0 atom stereocenters. The molecule has 0 spiro atoms. The van der Waals surface area contributed by atoms with Crippen LogP contribution in [0.1, 0.15) is 0 Å².